The summed E-state index contributed by atoms with van der Waals surface area (Å²) in [6.07, 6.45) is 3.05. The summed E-state index contributed by atoms with van der Waals surface area (Å²) in [5, 5.41) is 10.2. The van der Waals surface area contributed by atoms with Gasteiger partial charge in [-0.3, -0.25) is 4.79 Å². The molecular formula is C26H26N2O2. The van der Waals surface area contributed by atoms with E-state index in [1.807, 2.05) is 36.5 Å². The summed E-state index contributed by atoms with van der Waals surface area (Å²) in [5.41, 5.74) is 5.37. The van der Waals surface area contributed by atoms with Gasteiger partial charge in [0.1, 0.15) is 0 Å². The van der Waals surface area contributed by atoms with Crippen molar-refractivity contribution in [3.8, 4) is 5.69 Å². The van der Waals surface area contributed by atoms with Crippen LogP contribution < -0.4 is 4.90 Å². The summed E-state index contributed by atoms with van der Waals surface area (Å²) >= 11 is 0. The summed E-state index contributed by atoms with van der Waals surface area (Å²) < 4.78 is 2.08. The molecule has 30 heavy (non-hydrogen) atoms. The Balaban J connectivity index is 1.65. The van der Waals surface area contributed by atoms with Gasteiger partial charge in [0.05, 0.1) is 11.9 Å². The summed E-state index contributed by atoms with van der Waals surface area (Å²) in [6, 6.07) is 27.0. The Morgan fingerprint density at radius 3 is 2.33 bits per heavy atom. The standard InChI is InChI=1S/C26H26N2O2/c1-2-16-27(18-20-8-4-3-5-9-20)22-12-14-23(15-13-22)28-19-21(17-26(29)30)24-10-6-7-11-25(24)28/h3-15,19H,2,16-18H2,1H3,(H,29,30). The van der Waals surface area contributed by atoms with E-state index in [0.29, 0.717) is 0 Å². The van der Waals surface area contributed by atoms with Gasteiger partial charge >= 0.3 is 5.97 Å². The van der Waals surface area contributed by atoms with Crippen molar-refractivity contribution in [2.75, 3.05) is 11.4 Å². The largest absolute Gasteiger partial charge is 0.481 e. The van der Waals surface area contributed by atoms with E-state index in [9.17, 15) is 9.90 Å². The average molecular weight is 399 g/mol. The lowest BCUT2D eigenvalue weighted by Crippen LogP contribution is -2.23. The van der Waals surface area contributed by atoms with Gasteiger partial charge in [-0.25, -0.2) is 0 Å². The summed E-state index contributed by atoms with van der Waals surface area (Å²) in [5.74, 6) is -0.815. The van der Waals surface area contributed by atoms with E-state index >= 15 is 0 Å². The number of hydrogen-bond donors (Lipinski definition) is 1. The molecule has 152 valence electrons. The second-order valence-corrected chi connectivity index (χ2v) is 7.54. The molecule has 0 aliphatic rings. The molecule has 0 aliphatic heterocycles. The highest BCUT2D eigenvalue weighted by molar-refractivity contribution is 5.88. The molecule has 0 atom stereocenters. The number of benzene rings is 3. The molecule has 1 N–H and O–H groups in total. The molecule has 0 fully saturated rings. The highest BCUT2D eigenvalue weighted by Gasteiger charge is 2.13. The number of hydrogen-bond acceptors (Lipinski definition) is 2. The van der Waals surface area contributed by atoms with Gasteiger partial charge in [0.25, 0.3) is 0 Å². The maximum atomic E-state index is 11.3. The number of carboxylic acids is 1. The molecule has 0 aliphatic carbocycles. The molecule has 1 heterocycles. The highest BCUT2D eigenvalue weighted by Crippen LogP contribution is 2.27. The van der Waals surface area contributed by atoms with E-state index in [2.05, 4.69) is 64.9 Å². The summed E-state index contributed by atoms with van der Waals surface area (Å²) in [7, 11) is 0. The lowest BCUT2D eigenvalue weighted by Gasteiger charge is -2.25. The Bertz CT molecular complexity index is 1130. The number of rotatable bonds is 8. The third-order valence-corrected chi connectivity index (χ3v) is 5.34. The number of nitrogens with zero attached hydrogens (tertiary/aromatic N) is 2. The number of anilines is 1. The maximum absolute atomic E-state index is 11.3. The van der Waals surface area contributed by atoms with Crippen LogP contribution in [0.25, 0.3) is 16.6 Å². The SMILES string of the molecule is CCCN(Cc1ccccc1)c1ccc(-n2cc(CC(=O)O)c3ccccc32)cc1. The van der Waals surface area contributed by atoms with Crippen molar-refractivity contribution in [3.05, 3.63) is 96.2 Å². The molecule has 0 saturated carbocycles. The molecule has 0 spiro atoms. The van der Waals surface area contributed by atoms with Crippen LogP contribution in [-0.4, -0.2) is 22.2 Å². The number of para-hydroxylation sites is 1. The van der Waals surface area contributed by atoms with Gasteiger partial charge in [-0.15, -0.1) is 0 Å². The molecule has 0 amide bonds. The molecule has 0 radical (unpaired) electrons. The lowest BCUT2D eigenvalue weighted by molar-refractivity contribution is -0.136. The van der Waals surface area contributed by atoms with E-state index in [4.69, 9.17) is 0 Å². The first-order valence-electron chi connectivity index (χ1n) is 10.4. The van der Waals surface area contributed by atoms with Gasteiger partial charge in [-0.05, 0) is 47.9 Å². The molecule has 0 bridgehead atoms. The van der Waals surface area contributed by atoms with Crippen LogP contribution in [0.2, 0.25) is 0 Å². The van der Waals surface area contributed by atoms with Crippen molar-refractivity contribution in [1.29, 1.82) is 0 Å². The van der Waals surface area contributed by atoms with E-state index < -0.39 is 5.97 Å². The minimum absolute atomic E-state index is 0.0208. The Labute approximate surface area is 177 Å². The second kappa shape index (κ2) is 8.87. The van der Waals surface area contributed by atoms with Crippen molar-refractivity contribution >= 4 is 22.6 Å². The first-order valence-corrected chi connectivity index (χ1v) is 10.4. The Hall–Kier alpha value is -3.53. The van der Waals surface area contributed by atoms with Gasteiger partial charge in [-0.2, -0.15) is 0 Å². The van der Waals surface area contributed by atoms with Crippen LogP contribution in [0.3, 0.4) is 0 Å². The first-order chi connectivity index (χ1) is 14.7. The molecule has 4 rings (SSSR count). The normalized spacial score (nSPS) is 11.0. The van der Waals surface area contributed by atoms with Crippen LogP contribution >= 0.6 is 0 Å². The predicted octanol–water partition coefficient (Wildman–Crippen LogP) is 5.67. The molecular weight excluding hydrogens is 372 g/mol. The van der Waals surface area contributed by atoms with Crippen molar-refractivity contribution in [1.82, 2.24) is 4.57 Å². The monoisotopic (exact) mass is 398 g/mol. The average Bonchev–Trinajstić information content (AvgIpc) is 3.12. The van der Waals surface area contributed by atoms with Crippen molar-refractivity contribution < 1.29 is 9.90 Å². The molecule has 4 heteroatoms. The van der Waals surface area contributed by atoms with Crippen LogP contribution in [-0.2, 0) is 17.8 Å². The fourth-order valence-corrected chi connectivity index (χ4v) is 3.96. The summed E-state index contributed by atoms with van der Waals surface area (Å²) in [6.45, 7) is 4.06. The molecule has 4 nitrogen and oxygen atoms in total. The van der Waals surface area contributed by atoms with Gasteiger partial charge in [0.2, 0.25) is 0 Å². The smallest absolute Gasteiger partial charge is 0.307 e. The minimum Gasteiger partial charge on any atom is -0.481 e. The molecule has 4 aromatic rings. The number of aromatic nitrogens is 1. The number of carbonyl (C=O) groups is 1. The van der Waals surface area contributed by atoms with Crippen LogP contribution in [0.1, 0.15) is 24.5 Å². The number of carboxylic acid groups (broad SMARTS) is 1. The zero-order valence-electron chi connectivity index (χ0n) is 17.2. The second-order valence-electron chi connectivity index (χ2n) is 7.54. The quantitative estimate of drug-likeness (QED) is 0.416. The third kappa shape index (κ3) is 4.23. The summed E-state index contributed by atoms with van der Waals surface area (Å²) in [4.78, 5) is 13.7. The van der Waals surface area contributed by atoms with E-state index in [0.717, 1.165) is 41.7 Å². The molecule has 0 saturated heterocycles. The van der Waals surface area contributed by atoms with Crippen molar-refractivity contribution in [2.45, 2.75) is 26.3 Å². The van der Waals surface area contributed by atoms with E-state index in [1.54, 1.807) is 0 Å². The lowest BCUT2D eigenvalue weighted by atomic mass is 10.1. The van der Waals surface area contributed by atoms with Crippen LogP contribution in [0.15, 0.2) is 85.1 Å². The topological polar surface area (TPSA) is 45.5 Å². The maximum Gasteiger partial charge on any atom is 0.307 e. The molecule has 3 aromatic carbocycles. The molecule has 0 unspecified atom stereocenters. The van der Waals surface area contributed by atoms with Gasteiger partial charge in [-0.1, -0.05) is 55.5 Å². The van der Waals surface area contributed by atoms with Gasteiger partial charge < -0.3 is 14.6 Å². The minimum atomic E-state index is -0.815. The molecule has 1 aromatic heterocycles. The Morgan fingerprint density at radius 2 is 1.63 bits per heavy atom. The number of aliphatic carboxylic acids is 1. The fourth-order valence-electron chi connectivity index (χ4n) is 3.96. The predicted molar refractivity (Wildman–Crippen MR) is 122 cm³/mol. The van der Waals surface area contributed by atoms with Crippen LogP contribution in [0, 0.1) is 0 Å². The van der Waals surface area contributed by atoms with Crippen LogP contribution in [0.5, 0.6) is 0 Å². The van der Waals surface area contributed by atoms with Gasteiger partial charge in [0.15, 0.2) is 0 Å². The Morgan fingerprint density at radius 1 is 0.933 bits per heavy atom. The fraction of sp³-hybridized carbons (Fsp3) is 0.192. The third-order valence-electron chi connectivity index (χ3n) is 5.34. The highest BCUT2D eigenvalue weighted by atomic mass is 16.4. The van der Waals surface area contributed by atoms with E-state index in [-0.39, 0.29) is 6.42 Å². The zero-order valence-corrected chi connectivity index (χ0v) is 17.2. The number of fused-ring (bicyclic) bond motifs is 1. The van der Waals surface area contributed by atoms with Crippen LogP contribution in [0.4, 0.5) is 5.69 Å². The zero-order chi connectivity index (χ0) is 20.9. The van der Waals surface area contributed by atoms with Crippen molar-refractivity contribution in [3.63, 3.8) is 0 Å². The van der Waals surface area contributed by atoms with Crippen molar-refractivity contribution in [2.24, 2.45) is 0 Å². The van der Waals surface area contributed by atoms with Gasteiger partial charge in [0, 0.05) is 36.0 Å². The van der Waals surface area contributed by atoms with E-state index in [1.165, 1.54) is 11.3 Å². The first kappa shape index (κ1) is 19.8. The Kier molecular flexibility index (Phi) is 5.84.